The molecule has 0 radical (unpaired) electrons. The van der Waals surface area contributed by atoms with E-state index in [1.807, 2.05) is 54.6 Å². The second-order valence-electron chi connectivity index (χ2n) is 6.25. The van der Waals surface area contributed by atoms with Gasteiger partial charge in [-0.3, -0.25) is 9.36 Å². The topological polar surface area (TPSA) is 34.9 Å². The molecule has 1 aromatic heterocycles. The van der Waals surface area contributed by atoms with Crippen molar-refractivity contribution in [3.05, 3.63) is 100 Å². The highest BCUT2D eigenvalue weighted by Gasteiger charge is 2.12. The van der Waals surface area contributed by atoms with E-state index >= 15 is 0 Å². The van der Waals surface area contributed by atoms with Gasteiger partial charge >= 0.3 is 0 Å². The van der Waals surface area contributed by atoms with Crippen LogP contribution in [0.25, 0.3) is 28.7 Å². The molecule has 0 spiro atoms. The van der Waals surface area contributed by atoms with Crippen molar-refractivity contribution >= 4 is 84.8 Å². The molecule has 0 atom stereocenters. The van der Waals surface area contributed by atoms with Crippen LogP contribution < -0.4 is 5.56 Å². The zero-order valence-corrected chi connectivity index (χ0v) is 20.0. The Labute approximate surface area is 199 Å². The zero-order valence-electron chi connectivity index (χ0n) is 14.7. The maximum atomic E-state index is 13.3. The van der Waals surface area contributed by atoms with Crippen LogP contribution in [0.15, 0.2) is 69.9 Å². The van der Waals surface area contributed by atoms with Gasteiger partial charge in [-0.2, -0.15) is 0 Å². The van der Waals surface area contributed by atoms with Gasteiger partial charge in [0.1, 0.15) is 5.82 Å². The second-order valence-corrected chi connectivity index (χ2v) is 9.25. The van der Waals surface area contributed by atoms with Crippen LogP contribution in [-0.2, 0) is 0 Å². The summed E-state index contributed by atoms with van der Waals surface area (Å²) >= 11 is 17.9. The molecule has 0 amide bonds. The van der Waals surface area contributed by atoms with Gasteiger partial charge in [-0.1, -0.05) is 45.2 Å². The lowest BCUT2D eigenvalue weighted by Gasteiger charge is -2.12. The van der Waals surface area contributed by atoms with Crippen molar-refractivity contribution in [3.8, 4) is 5.69 Å². The van der Waals surface area contributed by atoms with Gasteiger partial charge in [0.25, 0.3) is 5.56 Å². The van der Waals surface area contributed by atoms with E-state index in [2.05, 4.69) is 38.5 Å². The minimum Gasteiger partial charge on any atom is -0.268 e. The summed E-state index contributed by atoms with van der Waals surface area (Å²) < 4.78 is 3.51. The molecule has 0 aliphatic carbocycles. The van der Waals surface area contributed by atoms with Crippen LogP contribution in [0.5, 0.6) is 0 Å². The van der Waals surface area contributed by atoms with Crippen molar-refractivity contribution < 1.29 is 0 Å². The summed E-state index contributed by atoms with van der Waals surface area (Å²) in [7, 11) is 0. The molecule has 3 aromatic carbocycles. The van der Waals surface area contributed by atoms with Gasteiger partial charge in [-0.05, 0) is 94.9 Å². The third-order valence-electron chi connectivity index (χ3n) is 4.32. The predicted molar refractivity (Wildman–Crippen MR) is 133 cm³/mol. The van der Waals surface area contributed by atoms with Crippen LogP contribution in [-0.4, -0.2) is 9.55 Å². The fraction of sp³-hybridized carbons (Fsp3) is 0. The van der Waals surface area contributed by atoms with Gasteiger partial charge in [0.05, 0.1) is 16.6 Å². The predicted octanol–water partition coefficient (Wildman–Crippen LogP) is 7.23. The lowest BCUT2D eigenvalue weighted by molar-refractivity contribution is 0.943. The van der Waals surface area contributed by atoms with E-state index in [-0.39, 0.29) is 5.56 Å². The van der Waals surface area contributed by atoms with Crippen LogP contribution in [0.3, 0.4) is 0 Å². The molecule has 0 unspecified atom stereocenters. The second kappa shape index (κ2) is 8.60. The van der Waals surface area contributed by atoms with Crippen molar-refractivity contribution in [1.82, 2.24) is 9.55 Å². The van der Waals surface area contributed by atoms with E-state index in [1.54, 1.807) is 22.8 Å². The van der Waals surface area contributed by atoms with Crippen molar-refractivity contribution in [2.45, 2.75) is 0 Å². The summed E-state index contributed by atoms with van der Waals surface area (Å²) in [6.45, 7) is 0. The number of benzene rings is 3. The van der Waals surface area contributed by atoms with Crippen LogP contribution in [0.4, 0.5) is 0 Å². The first-order chi connectivity index (χ1) is 13.9. The highest BCUT2D eigenvalue weighted by molar-refractivity contribution is 14.1. The molecule has 4 aromatic rings. The molecule has 0 aliphatic rings. The molecule has 3 nitrogen and oxygen atoms in total. The number of nitrogens with zero attached hydrogens (tertiary/aromatic N) is 2. The van der Waals surface area contributed by atoms with Crippen molar-refractivity contribution in [1.29, 1.82) is 0 Å². The SMILES string of the molecule is O=c1c2cc(I)ccc2nc(/C=C/c2ccc(Cl)cc2Cl)n1-c1ccc(Br)cc1. The maximum absolute atomic E-state index is 13.3. The third-order valence-corrected chi connectivity index (χ3v) is 6.08. The highest BCUT2D eigenvalue weighted by Crippen LogP contribution is 2.24. The fourth-order valence-corrected chi connectivity index (χ4v) is 4.15. The first kappa shape index (κ1) is 20.6. The molecular weight excluding hydrogens is 586 g/mol. The summed E-state index contributed by atoms with van der Waals surface area (Å²) in [6, 6.07) is 18.5. The Balaban J connectivity index is 1.95. The van der Waals surface area contributed by atoms with E-state index in [0.29, 0.717) is 26.8 Å². The third kappa shape index (κ3) is 4.43. The van der Waals surface area contributed by atoms with Crippen LogP contribution in [0.2, 0.25) is 10.0 Å². The van der Waals surface area contributed by atoms with Crippen molar-refractivity contribution in [2.75, 3.05) is 0 Å². The van der Waals surface area contributed by atoms with E-state index in [9.17, 15) is 4.79 Å². The number of hydrogen-bond acceptors (Lipinski definition) is 2. The summed E-state index contributed by atoms with van der Waals surface area (Å²) in [5.41, 5.74) is 2.03. The largest absolute Gasteiger partial charge is 0.268 e. The van der Waals surface area contributed by atoms with Gasteiger partial charge in [0.15, 0.2) is 0 Å². The molecule has 0 fully saturated rings. The summed E-state index contributed by atoms with van der Waals surface area (Å²) in [5, 5.41) is 1.67. The number of rotatable bonds is 3. The summed E-state index contributed by atoms with van der Waals surface area (Å²) in [4.78, 5) is 18.1. The minimum atomic E-state index is -0.127. The Kier molecular flexibility index (Phi) is 6.11. The molecule has 0 N–H and O–H groups in total. The zero-order chi connectivity index (χ0) is 20.5. The summed E-state index contributed by atoms with van der Waals surface area (Å²) in [5.74, 6) is 0.511. The molecule has 0 saturated carbocycles. The minimum absolute atomic E-state index is 0.127. The maximum Gasteiger partial charge on any atom is 0.266 e. The summed E-state index contributed by atoms with van der Waals surface area (Å²) in [6.07, 6.45) is 3.62. The van der Waals surface area contributed by atoms with Crippen LogP contribution in [0.1, 0.15) is 11.4 Å². The molecular formula is C22H12BrCl2IN2O. The number of fused-ring (bicyclic) bond motifs is 1. The Morgan fingerprint density at radius 3 is 2.45 bits per heavy atom. The smallest absolute Gasteiger partial charge is 0.266 e. The van der Waals surface area contributed by atoms with Gasteiger partial charge in [0.2, 0.25) is 0 Å². The van der Waals surface area contributed by atoms with E-state index in [1.165, 1.54) is 0 Å². The van der Waals surface area contributed by atoms with Crippen molar-refractivity contribution in [2.24, 2.45) is 0 Å². The Hall–Kier alpha value is -1.67. The lowest BCUT2D eigenvalue weighted by atomic mass is 10.2. The van der Waals surface area contributed by atoms with E-state index < -0.39 is 0 Å². The Bertz CT molecular complexity index is 1320. The van der Waals surface area contributed by atoms with Crippen LogP contribution in [0, 0.1) is 3.57 Å². The van der Waals surface area contributed by atoms with E-state index in [0.717, 1.165) is 19.3 Å². The van der Waals surface area contributed by atoms with Crippen LogP contribution >= 0.6 is 61.7 Å². The molecule has 7 heteroatoms. The first-order valence-electron chi connectivity index (χ1n) is 8.54. The molecule has 4 rings (SSSR count). The van der Waals surface area contributed by atoms with Crippen molar-refractivity contribution in [3.63, 3.8) is 0 Å². The first-order valence-corrected chi connectivity index (χ1v) is 11.2. The average molecular weight is 598 g/mol. The molecule has 0 aliphatic heterocycles. The van der Waals surface area contributed by atoms with Gasteiger partial charge in [-0.25, -0.2) is 4.98 Å². The lowest BCUT2D eigenvalue weighted by Crippen LogP contribution is -2.22. The van der Waals surface area contributed by atoms with Gasteiger partial charge in [0, 0.05) is 18.1 Å². The highest BCUT2D eigenvalue weighted by atomic mass is 127. The Morgan fingerprint density at radius 2 is 1.72 bits per heavy atom. The molecule has 1 heterocycles. The molecule has 0 bridgehead atoms. The van der Waals surface area contributed by atoms with E-state index in [4.69, 9.17) is 28.2 Å². The standard InChI is InChI=1S/C22H12BrCl2IN2O/c23-14-3-7-17(8-4-14)28-21(10-2-13-1-5-15(24)11-19(13)25)27-20-9-6-16(26)12-18(20)22(28)29/h1-12H/b10-2+. The normalized spacial score (nSPS) is 11.4. The molecule has 0 saturated heterocycles. The Morgan fingerprint density at radius 1 is 0.966 bits per heavy atom. The number of halogens is 4. The average Bonchev–Trinajstić information content (AvgIpc) is 2.69. The monoisotopic (exact) mass is 596 g/mol. The quantitative estimate of drug-likeness (QED) is 0.234. The van der Waals surface area contributed by atoms with Gasteiger partial charge < -0.3 is 0 Å². The van der Waals surface area contributed by atoms with Gasteiger partial charge in [-0.15, -0.1) is 0 Å². The number of hydrogen-bond donors (Lipinski definition) is 0. The molecule has 29 heavy (non-hydrogen) atoms. The number of aromatic nitrogens is 2. The fourth-order valence-electron chi connectivity index (χ4n) is 2.93. The molecule has 144 valence electrons.